The van der Waals surface area contributed by atoms with E-state index < -0.39 is 5.97 Å². The molecular weight excluding hydrogens is 256 g/mol. The summed E-state index contributed by atoms with van der Waals surface area (Å²) in [6.07, 6.45) is 0.397. The Hall–Kier alpha value is -1.75. The number of amides is 1. The fraction of sp³-hybridized carbons (Fsp3) is 0.333. The van der Waals surface area contributed by atoms with Crippen LogP contribution in [0.25, 0.3) is 0 Å². The fourth-order valence-corrected chi connectivity index (χ4v) is 1.52. The number of benzene rings is 1. The molecule has 0 bridgehead atoms. The summed E-state index contributed by atoms with van der Waals surface area (Å²) >= 11 is 5.75. The first-order valence-electron chi connectivity index (χ1n) is 5.48. The number of nitrogens with one attached hydrogen (secondary N) is 1. The third-order valence-electron chi connectivity index (χ3n) is 2.43. The molecule has 0 fully saturated rings. The Balaban J connectivity index is 2.59. The third-order valence-corrected chi connectivity index (χ3v) is 2.77. The molecule has 18 heavy (non-hydrogen) atoms. The van der Waals surface area contributed by atoms with Gasteiger partial charge in [-0.15, -0.1) is 0 Å². The number of carbonyl (C=O) groups excluding carboxylic acids is 1. The number of hydrogen-bond donors (Lipinski definition) is 3. The van der Waals surface area contributed by atoms with Crippen LogP contribution in [0.15, 0.2) is 18.2 Å². The molecule has 0 aliphatic heterocycles. The van der Waals surface area contributed by atoms with Crippen molar-refractivity contribution in [3.8, 4) is 0 Å². The van der Waals surface area contributed by atoms with E-state index in [4.69, 9.17) is 22.4 Å². The van der Waals surface area contributed by atoms with Crippen LogP contribution < -0.4 is 11.1 Å². The smallest absolute Gasteiger partial charge is 0.303 e. The highest BCUT2D eigenvalue weighted by Gasteiger charge is 2.12. The van der Waals surface area contributed by atoms with Gasteiger partial charge in [0, 0.05) is 18.0 Å². The van der Waals surface area contributed by atoms with Gasteiger partial charge in [-0.2, -0.15) is 0 Å². The van der Waals surface area contributed by atoms with Crippen LogP contribution >= 0.6 is 11.6 Å². The molecule has 4 N–H and O–H groups in total. The summed E-state index contributed by atoms with van der Waals surface area (Å²) in [7, 11) is 0. The molecular formula is C12H15ClN2O3. The third kappa shape index (κ3) is 4.25. The first-order valence-corrected chi connectivity index (χ1v) is 5.85. The molecule has 1 aromatic rings. The molecule has 1 rings (SSSR count). The van der Waals surface area contributed by atoms with Crippen LogP contribution in [0.4, 0.5) is 5.69 Å². The molecule has 0 radical (unpaired) electrons. The Morgan fingerprint density at radius 1 is 1.50 bits per heavy atom. The highest BCUT2D eigenvalue weighted by Crippen LogP contribution is 2.19. The minimum absolute atomic E-state index is 0.0181. The number of carbonyl (C=O) groups is 2. The lowest BCUT2D eigenvalue weighted by atomic mass is 10.1. The summed E-state index contributed by atoms with van der Waals surface area (Å²) in [5.41, 5.74) is 6.34. The molecule has 0 heterocycles. The molecule has 5 nitrogen and oxygen atoms in total. The van der Waals surface area contributed by atoms with E-state index in [1.54, 1.807) is 19.1 Å². The van der Waals surface area contributed by atoms with E-state index in [9.17, 15) is 9.59 Å². The highest BCUT2D eigenvalue weighted by molar-refractivity contribution is 6.33. The highest BCUT2D eigenvalue weighted by atomic mass is 35.5. The van der Waals surface area contributed by atoms with Crippen molar-refractivity contribution in [2.75, 3.05) is 5.73 Å². The molecule has 0 saturated heterocycles. The maximum Gasteiger partial charge on any atom is 0.303 e. The van der Waals surface area contributed by atoms with Crippen molar-refractivity contribution in [2.24, 2.45) is 0 Å². The number of rotatable bonds is 5. The van der Waals surface area contributed by atoms with Gasteiger partial charge in [-0.3, -0.25) is 9.59 Å². The molecule has 1 atom stereocenters. The fourth-order valence-electron chi connectivity index (χ4n) is 1.40. The predicted molar refractivity (Wildman–Crippen MR) is 69.7 cm³/mol. The van der Waals surface area contributed by atoms with Crippen LogP contribution in [-0.4, -0.2) is 23.0 Å². The second-order valence-corrected chi connectivity index (χ2v) is 4.45. The van der Waals surface area contributed by atoms with Crippen LogP contribution in [-0.2, 0) is 4.79 Å². The van der Waals surface area contributed by atoms with E-state index in [-0.39, 0.29) is 18.4 Å². The summed E-state index contributed by atoms with van der Waals surface area (Å²) in [6.45, 7) is 1.75. The van der Waals surface area contributed by atoms with Crippen molar-refractivity contribution in [2.45, 2.75) is 25.8 Å². The molecule has 6 heteroatoms. The lowest BCUT2D eigenvalue weighted by Crippen LogP contribution is -2.32. The van der Waals surface area contributed by atoms with E-state index in [0.29, 0.717) is 22.7 Å². The van der Waals surface area contributed by atoms with Gasteiger partial charge < -0.3 is 16.2 Å². The zero-order valence-corrected chi connectivity index (χ0v) is 10.7. The molecule has 0 saturated carbocycles. The lowest BCUT2D eigenvalue weighted by molar-refractivity contribution is -0.137. The Morgan fingerprint density at radius 2 is 2.17 bits per heavy atom. The average Bonchev–Trinajstić information content (AvgIpc) is 2.30. The number of nitrogens with two attached hydrogens (primary N) is 1. The summed E-state index contributed by atoms with van der Waals surface area (Å²) in [5.74, 6) is -1.18. The maximum atomic E-state index is 11.8. The minimum Gasteiger partial charge on any atom is -0.481 e. The van der Waals surface area contributed by atoms with Crippen molar-refractivity contribution in [1.82, 2.24) is 5.32 Å². The monoisotopic (exact) mass is 270 g/mol. The average molecular weight is 271 g/mol. The number of carboxylic acid groups (broad SMARTS) is 1. The van der Waals surface area contributed by atoms with Crippen LogP contribution in [0.2, 0.25) is 5.02 Å². The summed E-state index contributed by atoms with van der Waals surface area (Å²) in [5, 5.41) is 11.6. The number of carboxylic acids is 1. The maximum absolute atomic E-state index is 11.8. The van der Waals surface area contributed by atoms with Crippen LogP contribution in [0.3, 0.4) is 0 Å². The van der Waals surface area contributed by atoms with Gasteiger partial charge in [0.25, 0.3) is 5.91 Å². The first-order chi connectivity index (χ1) is 8.40. The van der Waals surface area contributed by atoms with Crippen molar-refractivity contribution in [1.29, 1.82) is 0 Å². The Labute approximate surface area is 110 Å². The zero-order valence-electron chi connectivity index (χ0n) is 9.94. The normalized spacial score (nSPS) is 11.9. The van der Waals surface area contributed by atoms with Gasteiger partial charge in [-0.05, 0) is 31.5 Å². The lowest BCUT2D eigenvalue weighted by Gasteiger charge is -2.13. The van der Waals surface area contributed by atoms with Crippen molar-refractivity contribution in [3.63, 3.8) is 0 Å². The number of anilines is 1. The number of nitrogen functional groups attached to an aromatic ring is 1. The molecule has 0 aromatic heterocycles. The topological polar surface area (TPSA) is 92.4 Å². The standard InChI is InChI=1S/C12H15ClN2O3/c1-7(2-5-11(16)17)15-12(18)8-3-4-9(13)10(14)6-8/h3-4,6-7H,2,5,14H2,1H3,(H,15,18)(H,16,17). The molecule has 0 aliphatic rings. The van der Waals surface area contributed by atoms with E-state index >= 15 is 0 Å². The summed E-state index contributed by atoms with van der Waals surface area (Å²) in [4.78, 5) is 22.2. The largest absolute Gasteiger partial charge is 0.481 e. The molecule has 1 unspecified atom stereocenters. The van der Waals surface area contributed by atoms with Crippen LogP contribution in [0, 0.1) is 0 Å². The number of halogens is 1. The second-order valence-electron chi connectivity index (χ2n) is 4.04. The molecule has 1 aromatic carbocycles. The number of aliphatic carboxylic acids is 1. The van der Waals surface area contributed by atoms with Gasteiger partial charge in [-0.25, -0.2) is 0 Å². The summed E-state index contributed by atoms with van der Waals surface area (Å²) < 4.78 is 0. The zero-order chi connectivity index (χ0) is 13.7. The molecule has 0 aliphatic carbocycles. The van der Waals surface area contributed by atoms with E-state index in [1.807, 2.05) is 0 Å². The minimum atomic E-state index is -0.883. The van der Waals surface area contributed by atoms with Gasteiger partial charge in [0.05, 0.1) is 10.7 Å². The number of hydrogen-bond acceptors (Lipinski definition) is 3. The second kappa shape index (κ2) is 6.26. The van der Waals surface area contributed by atoms with Gasteiger partial charge in [0.15, 0.2) is 0 Å². The SMILES string of the molecule is CC(CCC(=O)O)NC(=O)c1ccc(Cl)c(N)c1. The first kappa shape index (κ1) is 14.3. The van der Waals surface area contributed by atoms with Gasteiger partial charge in [0.1, 0.15) is 0 Å². The Kier molecular flexibility index (Phi) is 4.97. The van der Waals surface area contributed by atoms with Gasteiger partial charge >= 0.3 is 5.97 Å². The van der Waals surface area contributed by atoms with Crippen molar-refractivity contribution < 1.29 is 14.7 Å². The molecule has 98 valence electrons. The van der Waals surface area contributed by atoms with Crippen LogP contribution in [0.1, 0.15) is 30.1 Å². The summed E-state index contributed by atoms with van der Waals surface area (Å²) in [6, 6.07) is 4.39. The van der Waals surface area contributed by atoms with Gasteiger partial charge in [-0.1, -0.05) is 11.6 Å². The molecule has 1 amide bonds. The predicted octanol–water partition coefficient (Wildman–Crippen LogP) is 1.91. The Bertz CT molecular complexity index is 463. The van der Waals surface area contributed by atoms with E-state index in [1.165, 1.54) is 6.07 Å². The molecule has 0 spiro atoms. The quantitative estimate of drug-likeness (QED) is 0.713. The van der Waals surface area contributed by atoms with Gasteiger partial charge in [0.2, 0.25) is 0 Å². The van der Waals surface area contributed by atoms with E-state index in [0.717, 1.165) is 0 Å². The Morgan fingerprint density at radius 3 is 2.72 bits per heavy atom. The van der Waals surface area contributed by atoms with Crippen LogP contribution in [0.5, 0.6) is 0 Å². The van der Waals surface area contributed by atoms with Crippen molar-refractivity contribution >= 4 is 29.2 Å². The van der Waals surface area contributed by atoms with Crippen molar-refractivity contribution in [3.05, 3.63) is 28.8 Å². The van der Waals surface area contributed by atoms with E-state index in [2.05, 4.69) is 5.32 Å².